The highest BCUT2D eigenvalue weighted by atomic mass is 35.5. The summed E-state index contributed by atoms with van der Waals surface area (Å²) in [5.74, 6) is 1.28. The third-order valence-corrected chi connectivity index (χ3v) is 4.58. The molecule has 2 aromatic heterocycles. The highest BCUT2D eigenvalue weighted by molar-refractivity contribution is 6.23. The van der Waals surface area contributed by atoms with Gasteiger partial charge in [-0.1, -0.05) is 13.0 Å². The second-order valence-electron chi connectivity index (χ2n) is 5.88. The van der Waals surface area contributed by atoms with E-state index in [4.69, 9.17) is 17.3 Å². The quantitative estimate of drug-likeness (QED) is 0.839. The minimum Gasteiger partial charge on any atom is -0.330 e. The number of hydrogen-bond acceptors (Lipinski definition) is 3. The maximum Gasteiger partial charge on any atom is 0.414 e. The highest BCUT2D eigenvalue weighted by Crippen LogP contribution is 2.38. The summed E-state index contributed by atoms with van der Waals surface area (Å²) in [7, 11) is 0. The van der Waals surface area contributed by atoms with Crippen molar-refractivity contribution in [2.24, 2.45) is 5.73 Å². The smallest absolute Gasteiger partial charge is 0.330 e. The Hall–Kier alpha value is -1.86. The predicted octanol–water partition coefficient (Wildman–Crippen LogP) is 3.44. The third kappa shape index (κ3) is 3.43. The van der Waals surface area contributed by atoms with Gasteiger partial charge in [0.05, 0.1) is 22.3 Å². The fraction of sp³-hybridized carbons (Fsp3) is 0.412. The maximum atomic E-state index is 13.1. The van der Waals surface area contributed by atoms with E-state index in [1.807, 2.05) is 19.1 Å². The lowest BCUT2D eigenvalue weighted by molar-refractivity contribution is -0.0927. The average Bonchev–Trinajstić information content (AvgIpc) is 2.92. The molecule has 3 rings (SSSR count). The molecule has 0 amide bonds. The van der Waals surface area contributed by atoms with Gasteiger partial charge in [0.1, 0.15) is 11.6 Å². The van der Waals surface area contributed by atoms with Crippen LogP contribution in [0.3, 0.4) is 0 Å². The van der Waals surface area contributed by atoms with Gasteiger partial charge in [-0.2, -0.15) is 13.2 Å². The van der Waals surface area contributed by atoms with Gasteiger partial charge in [-0.15, -0.1) is 11.6 Å². The molecule has 0 radical (unpaired) electrons. The minimum atomic E-state index is -4.46. The molecule has 134 valence electrons. The Morgan fingerprint density at radius 2 is 2.12 bits per heavy atom. The molecule has 2 aromatic rings. The van der Waals surface area contributed by atoms with Crippen LogP contribution in [0.2, 0.25) is 0 Å². The molecular weight excluding hydrogens is 353 g/mol. The minimum absolute atomic E-state index is 0.0570. The fourth-order valence-electron chi connectivity index (χ4n) is 2.98. The van der Waals surface area contributed by atoms with E-state index in [1.54, 1.807) is 10.8 Å². The van der Waals surface area contributed by atoms with Gasteiger partial charge in [-0.3, -0.25) is 4.57 Å². The van der Waals surface area contributed by atoms with Crippen LogP contribution in [0, 0.1) is 0 Å². The number of nitrogens with zero attached hydrogens (tertiary/aromatic N) is 3. The molecule has 0 bridgehead atoms. The van der Waals surface area contributed by atoms with Crippen LogP contribution in [-0.4, -0.2) is 32.6 Å². The zero-order valence-electron chi connectivity index (χ0n) is 13.6. The standard InChI is InChI=1S/C17H18ClF3N4/c1-2-15-24-13-7-11(17(19,20)21)12(18)8-14(13)25(15)16-4-3-10(5-6-22)9-23-16/h3-4,7,9,12H,2,5-6,8,22H2,1H3. The highest BCUT2D eigenvalue weighted by Gasteiger charge is 2.41. The average molecular weight is 371 g/mol. The van der Waals surface area contributed by atoms with E-state index in [9.17, 15) is 13.2 Å². The molecule has 0 spiro atoms. The van der Waals surface area contributed by atoms with E-state index in [-0.39, 0.29) is 6.42 Å². The van der Waals surface area contributed by atoms with Crippen LogP contribution in [-0.2, 0) is 19.3 Å². The second kappa shape index (κ2) is 6.80. The number of rotatable bonds is 4. The molecule has 1 aliphatic carbocycles. The summed E-state index contributed by atoms with van der Waals surface area (Å²) in [5, 5.41) is -1.14. The van der Waals surface area contributed by atoms with Crippen molar-refractivity contribution in [2.45, 2.75) is 37.7 Å². The molecule has 4 nitrogen and oxygen atoms in total. The Kier molecular flexibility index (Phi) is 4.88. The van der Waals surface area contributed by atoms with Crippen LogP contribution in [0.25, 0.3) is 11.9 Å². The van der Waals surface area contributed by atoms with Gasteiger partial charge in [0, 0.05) is 19.0 Å². The molecule has 8 heteroatoms. The monoisotopic (exact) mass is 370 g/mol. The molecule has 1 atom stereocenters. The van der Waals surface area contributed by atoms with Gasteiger partial charge in [-0.25, -0.2) is 9.97 Å². The number of aromatic nitrogens is 3. The van der Waals surface area contributed by atoms with Crippen molar-refractivity contribution in [3.8, 4) is 5.82 Å². The molecule has 1 unspecified atom stereocenters. The normalized spacial score (nSPS) is 17.4. The molecule has 0 aromatic carbocycles. The molecule has 1 aliphatic rings. The molecule has 2 heterocycles. The molecule has 0 saturated carbocycles. The van der Waals surface area contributed by atoms with Crippen LogP contribution < -0.4 is 5.73 Å². The Morgan fingerprint density at radius 3 is 2.68 bits per heavy atom. The number of halogens is 4. The Balaban J connectivity index is 2.08. The Bertz CT molecular complexity index is 793. The van der Waals surface area contributed by atoms with Crippen molar-refractivity contribution in [1.29, 1.82) is 0 Å². The number of hydrogen-bond donors (Lipinski definition) is 1. The number of pyridine rings is 1. The van der Waals surface area contributed by atoms with E-state index >= 15 is 0 Å². The van der Waals surface area contributed by atoms with Crippen molar-refractivity contribution < 1.29 is 13.2 Å². The van der Waals surface area contributed by atoms with E-state index < -0.39 is 17.1 Å². The molecule has 2 N–H and O–H groups in total. The number of alkyl halides is 4. The summed E-state index contributed by atoms with van der Waals surface area (Å²) < 4.78 is 41.1. The fourth-order valence-corrected chi connectivity index (χ4v) is 3.32. The first-order valence-corrected chi connectivity index (χ1v) is 8.47. The van der Waals surface area contributed by atoms with Crippen molar-refractivity contribution in [2.75, 3.05) is 6.54 Å². The first kappa shape index (κ1) is 17.9. The van der Waals surface area contributed by atoms with E-state index in [0.717, 1.165) is 18.1 Å². The van der Waals surface area contributed by atoms with Crippen LogP contribution in [0.5, 0.6) is 0 Å². The number of nitrogens with two attached hydrogens (primary N) is 1. The van der Waals surface area contributed by atoms with Crippen LogP contribution in [0.1, 0.15) is 29.7 Å². The lowest BCUT2D eigenvalue weighted by Crippen LogP contribution is -2.26. The van der Waals surface area contributed by atoms with Gasteiger partial charge in [-0.05, 0) is 30.7 Å². The summed E-state index contributed by atoms with van der Waals surface area (Å²) in [6, 6.07) is 3.75. The lowest BCUT2D eigenvalue weighted by Gasteiger charge is -2.22. The van der Waals surface area contributed by atoms with Crippen molar-refractivity contribution in [3.63, 3.8) is 0 Å². The van der Waals surface area contributed by atoms with Crippen LogP contribution in [0.4, 0.5) is 13.2 Å². The number of imidazole rings is 1. The molecular formula is C17H18ClF3N4. The van der Waals surface area contributed by atoms with Crippen molar-refractivity contribution >= 4 is 17.7 Å². The number of allylic oxidation sites excluding steroid dienone is 1. The molecule has 0 saturated heterocycles. The SMILES string of the molecule is CCc1nc2c(n1-c1ccc(CCN)cn1)CC(Cl)C(C(F)(F)F)=C2. The largest absolute Gasteiger partial charge is 0.414 e. The van der Waals surface area contributed by atoms with Gasteiger partial charge < -0.3 is 5.73 Å². The zero-order chi connectivity index (χ0) is 18.2. The van der Waals surface area contributed by atoms with E-state index in [0.29, 0.717) is 36.0 Å². The zero-order valence-corrected chi connectivity index (χ0v) is 14.4. The first-order valence-electron chi connectivity index (χ1n) is 8.03. The van der Waals surface area contributed by atoms with E-state index in [1.165, 1.54) is 0 Å². The van der Waals surface area contributed by atoms with Gasteiger partial charge >= 0.3 is 6.18 Å². The summed E-state index contributed by atoms with van der Waals surface area (Å²) in [6.07, 6.45) is -0.330. The topological polar surface area (TPSA) is 56.7 Å². The summed E-state index contributed by atoms with van der Waals surface area (Å²) in [5.41, 5.74) is 6.76. The first-order chi connectivity index (χ1) is 11.8. The summed E-state index contributed by atoms with van der Waals surface area (Å²) in [4.78, 5) is 8.80. The molecule has 25 heavy (non-hydrogen) atoms. The van der Waals surface area contributed by atoms with Crippen molar-refractivity contribution in [3.05, 3.63) is 46.7 Å². The van der Waals surface area contributed by atoms with Gasteiger partial charge in [0.25, 0.3) is 0 Å². The van der Waals surface area contributed by atoms with E-state index in [2.05, 4.69) is 9.97 Å². The summed E-state index contributed by atoms with van der Waals surface area (Å²) >= 11 is 6.01. The molecule has 0 fully saturated rings. The Morgan fingerprint density at radius 1 is 1.36 bits per heavy atom. The second-order valence-corrected chi connectivity index (χ2v) is 6.41. The number of fused-ring (bicyclic) bond motifs is 1. The van der Waals surface area contributed by atoms with Gasteiger partial charge in [0.15, 0.2) is 0 Å². The maximum absolute atomic E-state index is 13.1. The Labute approximate surface area is 148 Å². The predicted molar refractivity (Wildman–Crippen MR) is 90.9 cm³/mol. The molecule has 0 aliphatic heterocycles. The number of aryl methyl sites for hydroxylation is 1. The third-order valence-electron chi connectivity index (χ3n) is 4.19. The van der Waals surface area contributed by atoms with Crippen LogP contribution in [0.15, 0.2) is 23.9 Å². The summed E-state index contributed by atoms with van der Waals surface area (Å²) in [6.45, 7) is 2.43. The van der Waals surface area contributed by atoms with Gasteiger partial charge in [0.2, 0.25) is 0 Å². The lowest BCUT2D eigenvalue weighted by atomic mass is 9.99. The van der Waals surface area contributed by atoms with Crippen LogP contribution >= 0.6 is 11.6 Å². The van der Waals surface area contributed by atoms with Crippen molar-refractivity contribution in [1.82, 2.24) is 14.5 Å².